The number of ether oxygens (including phenoxy) is 1. The number of carbonyl (C=O) groups excluding carboxylic acids is 3. The maximum Gasteiger partial charge on any atom is 0.261 e. The molecule has 2 aromatic rings. The number of hydrogen-bond acceptors (Lipinski definition) is 5. The maximum absolute atomic E-state index is 12.6. The lowest BCUT2D eigenvalue weighted by Gasteiger charge is -2.27. The average Bonchev–Trinajstić information content (AvgIpc) is 2.77. The predicted octanol–water partition coefficient (Wildman–Crippen LogP) is 1.36. The third kappa shape index (κ3) is 4.58. The van der Waals surface area contributed by atoms with Crippen molar-refractivity contribution in [1.82, 2.24) is 15.1 Å². The van der Waals surface area contributed by atoms with Gasteiger partial charge in [0, 0.05) is 31.7 Å². The molecule has 0 aromatic heterocycles. The molecule has 2 aromatic carbocycles. The maximum atomic E-state index is 12.6. The number of fused-ring (bicyclic) bond motifs is 1. The second kappa shape index (κ2) is 9.19. The molecule has 0 radical (unpaired) electrons. The fourth-order valence-electron chi connectivity index (χ4n) is 3.84. The minimum atomic E-state index is -0.412. The average molecular weight is 407 g/mol. The molecule has 2 aliphatic heterocycles. The van der Waals surface area contributed by atoms with Crippen LogP contribution in [0, 0.1) is 0 Å². The molecule has 0 spiro atoms. The lowest BCUT2D eigenvalue weighted by molar-refractivity contribution is -0.133. The Kier molecular flexibility index (Phi) is 6.21. The van der Waals surface area contributed by atoms with Gasteiger partial charge in [0.25, 0.3) is 5.91 Å². The molecule has 2 aliphatic rings. The number of imide groups is 1. The Morgan fingerprint density at radius 2 is 1.67 bits per heavy atom. The molecule has 30 heavy (non-hydrogen) atoms. The fourth-order valence-corrected chi connectivity index (χ4v) is 3.84. The lowest BCUT2D eigenvalue weighted by Crippen LogP contribution is -2.47. The van der Waals surface area contributed by atoms with Crippen molar-refractivity contribution in [3.63, 3.8) is 0 Å². The van der Waals surface area contributed by atoms with Crippen molar-refractivity contribution in [1.29, 1.82) is 0 Å². The highest BCUT2D eigenvalue weighted by Crippen LogP contribution is 2.19. The Balaban J connectivity index is 1.36. The van der Waals surface area contributed by atoms with Gasteiger partial charge in [-0.1, -0.05) is 42.5 Å². The second-order valence-corrected chi connectivity index (χ2v) is 7.55. The van der Waals surface area contributed by atoms with E-state index < -0.39 is 5.91 Å². The van der Waals surface area contributed by atoms with Gasteiger partial charge in [-0.2, -0.15) is 0 Å². The summed E-state index contributed by atoms with van der Waals surface area (Å²) >= 11 is 0. The molecule has 3 amide bonds. The number of amides is 3. The van der Waals surface area contributed by atoms with Crippen LogP contribution < -0.4 is 5.32 Å². The molecule has 1 saturated heterocycles. The number of nitrogens with zero attached hydrogens (tertiary/aromatic N) is 2. The number of benzene rings is 2. The Morgan fingerprint density at radius 1 is 0.967 bits per heavy atom. The largest absolute Gasteiger partial charge is 0.379 e. The number of nitrogens with one attached hydrogen (secondary N) is 1. The van der Waals surface area contributed by atoms with Gasteiger partial charge in [-0.25, -0.2) is 0 Å². The highest BCUT2D eigenvalue weighted by atomic mass is 16.5. The number of rotatable bonds is 6. The molecule has 1 N–H and O–H groups in total. The third-order valence-electron chi connectivity index (χ3n) is 5.53. The summed E-state index contributed by atoms with van der Waals surface area (Å²) in [6.07, 6.45) is 0.136. The highest BCUT2D eigenvalue weighted by Gasteiger charge is 2.31. The zero-order chi connectivity index (χ0) is 20.9. The molecule has 1 fully saturated rings. The molecule has 0 unspecified atom stereocenters. The smallest absolute Gasteiger partial charge is 0.261 e. The van der Waals surface area contributed by atoms with E-state index in [0.29, 0.717) is 17.7 Å². The number of hydrogen-bond donors (Lipinski definition) is 1. The van der Waals surface area contributed by atoms with E-state index >= 15 is 0 Å². The first-order valence-electron chi connectivity index (χ1n) is 10.2. The standard InChI is InChI=1S/C23H25N3O4/c27-21(16-26-22(28)13-17-5-3-4-8-20(17)23(26)29)24-14-18-6-1-2-7-19(18)15-25-9-11-30-12-10-25/h1-8H,9-16H2,(H,24,27). The van der Waals surface area contributed by atoms with Crippen LogP contribution in [0.3, 0.4) is 0 Å². The molecule has 0 atom stereocenters. The van der Waals surface area contributed by atoms with Gasteiger partial charge in [0.05, 0.1) is 19.6 Å². The zero-order valence-electron chi connectivity index (χ0n) is 16.8. The van der Waals surface area contributed by atoms with Crippen LogP contribution in [0.25, 0.3) is 0 Å². The van der Waals surface area contributed by atoms with E-state index in [4.69, 9.17) is 4.74 Å². The second-order valence-electron chi connectivity index (χ2n) is 7.55. The van der Waals surface area contributed by atoms with Crippen molar-refractivity contribution in [2.75, 3.05) is 32.8 Å². The Labute approximate surface area is 175 Å². The quantitative estimate of drug-likeness (QED) is 0.732. The highest BCUT2D eigenvalue weighted by molar-refractivity contribution is 6.11. The minimum Gasteiger partial charge on any atom is -0.379 e. The first-order valence-corrected chi connectivity index (χ1v) is 10.2. The van der Waals surface area contributed by atoms with E-state index in [9.17, 15) is 14.4 Å². The van der Waals surface area contributed by atoms with Gasteiger partial charge in [0.1, 0.15) is 6.54 Å². The van der Waals surface area contributed by atoms with Gasteiger partial charge >= 0.3 is 0 Å². The van der Waals surface area contributed by atoms with E-state index in [1.54, 1.807) is 24.3 Å². The molecule has 0 bridgehead atoms. The summed E-state index contributed by atoms with van der Waals surface area (Å²) < 4.78 is 5.40. The number of carbonyl (C=O) groups is 3. The first-order chi connectivity index (χ1) is 14.6. The lowest BCUT2D eigenvalue weighted by atomic mass is 9.98. The van der Waals surface area contributed by atoms with Crippen LogP contribution in [0.4, 0.5) is 0 Å². The molecule has 0 aliphatic carbocycles. The normalized spacial score (nSPS) is 17.0. The van der Waals surface area contributed by atoms with E-state index in [1.807, 2.05) is 18.2 Å². The van der Waals surface area contributed by atoms with E-state index in [0.717, 1.165) is 48.9 Å². The summed E-state index contributed by atoms with van der Waals surface area (Å²) in [4.78, 5) is 40.9. The van der Waals surface area contributed by atoms with Crippen LogP contribution in [-0.2, 0) is 33.8 Å². The van der Waals surface area contributed by atoms with Crippen molar-refractivity contribution in [3.8, 4) is 0 Å². The van der Waals surface area contributed by atoms with E-state index in [1.165, 1.54) is 0 Å². The van der Waals surface area contributed by atoms with Crippen LogP contribution in [0.5, 0.6) is 0 Å². The fraction of sp³-hybridized carbons (Fsp3) is 0.348. The van der Waals surface area contributed by atoms with E-state index in [-0.39, 0.29) is 24.8 Å². The molecular formula is C23H25N3O4. The molecule has 7 heteroatoms. The van der Waals surface area contributed by atoms with Gasteiger partial charge in [-0.3, -0.25) is 24.2 Å². The SMILES string of the molecule is O=C(CN1C(=O)Cc2ccccc2C1=O)NCc1ccccc1CN1CCOCC1. The molecule has 2 heterocycles. The topological polar surface area (TPSA) is 79.0 Å². The van der Waals surface area contributed by atoms with Crippen molar-refractivity contribution in [2.45, 2.75) is 19.5 Å². The first kappa shape index (κ1) is 20.3. The monoisotopic (exact) mass is 407 g/mol. The van der Waals surface area contributed by atoms with Crippen molar-refractivity contribution in [2.24, 2.45) is 0 Å². The summed E-state index contributed by atoms with van der Waals surface area (Å²) in [7, 11) is 0. The van der Waals surface area contributed by atoms with Crippen LogP contribution in [-0.4, -0.2) is 60.4 Å². The van der Waals surface area contributed by atoms with Crippen LogP contribution in [0.15, 0.2) is 48.5 Å². The summed E-state index contributed by atoms with van der Waals surface area (Å²) in [5, 5.41) is 2.86. The summed E-state index contributed by atoms with van der Waals surface area (Å²) in [6, 6.07) is 15.0. The predicted molar refractivity (Wildman–Crippen MR) is 111 cm³/mol. The van der Waals surface area contributed by atoms with Gasteiger partial charge in [0.2, 0.25) is 11.8 Å². The van der Waals surface area contributed by atoms with Crippen LogP contribution in [0.1, 0.15) is 27.0 Å². The Hall–Kier alpha value is -3.03. The summed E-state index contributed by atoms with van der Waals surface area (Å²) in [5.74, 6) is -1.11. The Morgan fingerprint density at radius 3 is 2.47 bits per heavy atom. The molecular weight excluding hydrogens is 382 g/mol. The van der Waals surface area contributed by atoms with Crippen molar-refractivity contribution in [3.05, 3.63) is 70.8 Å². The van der Waals surface area contributed by atoms with Crippen LogP contribution >= 0.6 is 0 Å². The molecule has 0 saturated carbocycles. The Bertz CT molecular complexity index is 953. The molecule has 156 valence electrons. The summed E-state index contributed by atoms with van der Waals surface area (Å²) in [5.41, 5.74) is 3.37. The van der Waals surface area contributed by atoms with Crippen molar-refractivity contribution < 1.29 is 19.1 Å². The van der Waals surface area contributed by atoms with Gasteiger partial charge in [0.15, 0.2) is 0 Å². The van der Waals surface area contributed by atoms with Gasteiger partial charge in [-0.05, 0) is 22.8 Å². The van der Waals surface area contributed by atoms with Crippen LogP contribution in [0.2, 0.25) is 0 Å². The van der Waals surface area contributed by atoms with Gasteiger partial charge in [-0.15, -0.1) is 0 Å². The summed E-state index contributed by atoms with van der Waals surface area (Å²) in [6.45, 7) is 4.14. The van der Waals surface area contributed by atoms with Crippen molar-refractivity contribution >= 4 is 17.7 Å². The van der Waals surface area contributed by atoms with Gasteiger partial charge < -0.3 is 10.1 Å². The van der Waals surface area contributed by atoms with E-state index in [2.05, 4.69) is 16.3 Å². The minimum absolute atomic E-state index is 0.136. The molecule has 7 nitrogen and oxygen atoms in total. The third-order valence-corrected chi connectivity index (χ3v) is 5.53. The zero-order valence-corrected chi connectivity index (χ0v) is 16.8. The number of morpholine rings is 1. The molecule has 4 rings (SSSR count).